The maximum atomic E-state index is 13.1. The van der Waals surface area contributed by atoms with Crippen LogP contribution in [-0.2, 0) is 14.3 Å². The van der Waals surface area contributed by atoms with Gasteiger partial charge in [-0.15, -0.1) is 0 Å². The summed E-state index contributed by atoms with van der Waals surface area (Å²) in [4.78, 5) is 15.0. The van der Waals surface area contributed by atoms with E-state index in [1.807, 2.05) is 31.1 Å². The summed E-state index contributed by atoms with van der Waals surface area (Å²) >= 11 is 0. The molecule has 0 saturated carbocycles. The van der Waals surface area contributed by atoms with Crippen molar-refractivity contribution in [3.63, 3.8) is 0 Å². The van der Waals surface area contributed by atoms with Crippen LogP contribution in [0.1, 0.15) is 28.7 Å². The molecule has 2 aromatic rings. The highest BCUT2D eigenvalue weighted by Crippen LogP contribution is 2.56. The molecule has 0 aromatic heterocycles. The molecule has 1 aliphatic carbocycles. The molecular formula is C26H31NO9. The Morgan fingerprint density at radius 2 is 1.67 bits per heavy atom. The SMILES string of the molecule is COc1cc([C@@H]2c3cc4c(cc3[C@@H](OCC(O)CN(C)C)C3COC(=O)[C@@H]32)OCO4)cc(OC)c1O. The van der Waals surface area contributed by atoms with Crippen LogP contribution in [0.3, 0.4) is 0 Å². The minimum Gasteiger partial charge on any atom is -0.502 e. The number of aromatic hydroxyl groups is 1. The number of phenols is 1. The molecule has 3 aliphatic rings. The first-order valence-electron chi connectivity index (χ1n) is 11.8. The molecule has 2 N–H and O–H groups in total. The van der Waals surface area contributed by atoms with E-state index in [0.29, 0.717) is 18.0 Å². The van der Waals surface area contributed by atoms with Gasteiger partial charge in [0.25, 0.3) is 0 Å². The zero-order valence-corrected chi connectivity index (χ0v) is 20.7. The summed E-state index contributed by atoms with van der Waals surface area (Å²) < 4.78 is 33.9. The molecule has 0 radical (unpaired) electrons. The molecule has 0 bridgehead atoms. The van der Waals surface area contributed by atoms with Gasteiger partial charge in [-0.05, 0) is 55.1 Å². The summed E-state index contributed by atoms with van der Waals surface area (Å²) in [6.45, 7) is 0.833. The van der Waals surface area contributed by atoms with E-state index in [1.165, 1.54) is 14.2 Å². The number of aliphatic hydroxyl groups excluding tert-OH is 1. The Morgan fingerprint density at radius 3 is 2.28 bits per heavy atom. The van der Waals surface area contributed by atoms with Gasteiger partial charge in [-0.2, -0.15) is 0 Å². The number of nitrogens with zero attached hydrogens (tertiary/aromatic N) is 1. The normalized spacial score (nSPS) is 24.8. The lowest BCUT2D eigenvalue weighted by atomic mass is 9.66. The highest BCUT2D eigenvalue weighted by molar-refractivity contribution is 5.79. The van der Waals surface area contributed by atoms with Crippen molar-refractivity contribution in [2.24, 2.45) is 11.8 Å². The maximum absolute atomic E-state index is 13.1. The second-order valence-electron chi connectivity index (χ2n) is 9.58. The van der Waals surface area contributed by atoms with Gasteiger partial charge in [0.2, 0.25) is 12.5 Å². The van der Waals surface area contributed by atoms with Gasteiger partial charge in [-0.3, -0.25) is 4.79 Å². The van der Waals surface area contributed by atoms with Crippen molar-refractivity contribution in [2.45, 2.75) is 18.1 Å². The molecule has 2 unspecified atom stereocenters. The van der Waals surface area contributed by atoms with Crippen LogP contribution in [0.15, 0.2) is 24.3 Å². The number of carbonyl (C=O) groups excluding carboxylic acids is 1. The van der Waals surface area contributed by atoms with Gasteiger partial charge < -0.3 is 43.5 Å². The topological polar surface area (TPSA) is 116 Å². The van der Waals surface area contributed by atoms with Crippen LogP contribution in [0.4, 0.5) is 0 Å². The standard InChI is InChI=1S/C26H31NO9/c1-27(2)9-14(28)10-33-25-16-8-19-18(35-12-36-19)7-15(16)22(23-17(25)11-34-26(23)30)13-5-20(31-3)24(29)21(6-13)32-4/h5-8,14,17,22-23,25,28-29H,9-12H2,1-4H3/t14?,17?,22-,23+,25-/m1/s1. The number of esters is 1. The van der Waals surface area contributed by atoms with Crippen molar-refractivity contribution in [1.29, 1.82) is 0 Å². The molecule has 2 aromatic carbocycles. The molecule has 10 heteroatoms. The summed E-state index contributed by atoms with van der Waals surface area (Å²) in [5.74, 6) is -0.106. The number of phenolic OH excluding ortho intramolecular Hbond substituents is 1. The van der Waals surface area contributed by atoms with Crippen LogP contribution in [0.2, 0.25) is 0 Å². The summed E-state index contributed by atoms with van der Waals surface area (Å²) in [5, 5.41) is 20.9. The van der Waals surface area contributed by atoms with Crippen LogP contribution in [-0.4, -0.2) is 82.1 Å². The molecule has 36 heavy (non-hydrogen) atoms. The minimum atomic E-state index is -0.697. The lowest BCUT2D eigenvalue weighted by Crippen LogP contribution is -2.37. The van der Waals surface area contributed by atoms with Crippen molar-refractivity contribution in [1.82, 2.24) is 4.90 Å². The number of rotatable bonds is 8. The van der Waals surface area contributed by atoms with Crippen molar-refractivity contribution >= 4 is 5.97 Å². The third-order valence-corrected chi connectivity index (χ3v) is 7.02. The number of ether oxygens (including phenoxy) is 6. The molecule has 1 saturated heterocycles. The fourth-order valence-electron chi connectivity index (χ4n) is 5.51. The molecule has 0 amide bonds. The molecule has 0 spiro atoms. The Bertz CT molecular complexity index is 1130. The van der Waals surface area contributed by atoms with Crippen LogP contribution < -0.4 is 18.9 Å². The minimum absolute atomic E-state index is 0.0969. The Labute approximate surface area is 209 Å². The van der Waals surface area contributed by atoms with Crippen molar-refractivity contribution in [3.8, 4) is 28.7 Å². The fourth-order valence-corrected chi connectivity index (χ4v) is 5.51. The first kappa shape index (κ1) is 24.5. The first-order chi connectivity index (χ1) is 17.3. The smallest absolute Gasteiger partial charge is 0.310 e. The monoisotopic (exact) mass is 501 g/mol. The zero-order valence-electron chi connectivity index (χ0n) is 20.7. The van der Waals surface area contributed by atoms with Crippen LogP contribution in [0.5, 0.6) is 28.7 Å². The Kier molecular flexibility index (Phi) is 6.59. The highest BCUT2D eigenvalue weighted by atomic mass is 16.7. The van der Waals surface area contributed by atoms with E-state index in [0.717, 1.165) is 16.7 Å². The number of carbonyl (C=O) groups is 1. The molecule has 5 rings (SSSR count). The second kappa shape index (κ2) is 9.68. The van der Waals surface area contributed by atoms with E-state index in [-0.39, 0.29) is 49.1 Å². The summed E-state index contributed by atoms with van der Waals surface area (Å²) in [6, 6.07) is 7.19. The highest BCUT2D eigenvalue weighted by Gasteiger charge is 2.53. The van der Waals surface area contributed by atoms with E-state index in [9.17, 15) is 15.0 Å². The average molecular weight is 502 g/mol. The molecule has 5 atom stereocenters. The van der Waals surface area contributed by atoms with Gasteiger partial charge in [0.15, 0.2) is 23.0 Å². The fraction of sp³-hybridized carbons (Fsp3) is 0.500. The van der Waals surface area contributed by atoms with E-state index in [4.69, 9.17) is 28.4 Å². The summed E-state index contributed by atoms with van der Waals surface area (Å²) in [6.07, 6.45) is -1.20. The van der Waals surface area contributed by atoms with Crippen molar-refractivity contribution < 1.29 is 43.4 Å². The number of aliphatic hydroxyl groups is 1. The molecule has 1 fully saturated rings. The third kappa shape index (κ3) is 4.19. The Balaban J connectivity index is 1.63. The van der Waals surface area contributed by atoms with E-state index >= 15 is 0 Å². The average Bonchev–Trinajstić information content (AvgIpc) is 3.46. The van der Waals surface area contributed by atoms with Crippen molar-refractivity contribution in [2.75, 3.05) is 54.9 Å². The number of benzene rings is 2. The lowest BCUT2D eigenvalue weighted by molar-refractivity contribution is -0.141. The predicted molar refractivity (Wildman–Crippen MR) is 127 cm³/mol. The van der Waals surface area contributed by atoms with Crippen LogP contribution in [0, 0.1) is 11.8 Å². The number of likely N-dealkylation sites (N-methyl/N-ethyl adjacent to an activating group) is 1. The summed E-state index contributed by atoms with van der Waals surface area (Å²) in [5.41, 5.74) is 2.38. The molecule has 194 valence electrons. The molecule has 2 heterocycles. The van der Waals surface area contributed by atoms with Crippen LogP contribution >= 0.6 is 0 Å². The zero-order chi connectivity index (χ0) is 25.6. The Hall–Kier alpha value is -3.21. The number of hydrogen-bond donors (Lipinski definition) is 2. The van der Waals surface area contributed by atoms with Gasteiger partial charge in [0, 0.05) is 18.4 Å². The maximum Gasteiger partial charge on any atom is 0.310 e. The number of methoxy groups -OCH3 is 2. The van der Waals surface area contributed by atoms with E-state index < -0.39 is 24.0 Å². The van der Waals surface area contributed by atoms with Gasteiger partial charge in [0.1, 0.15) is 0 Å². The van der Waals surface area contributed by atoms with Gasteiger partial charge in [-0.25, -0.2) is 0 Å². The van der Waals surface area contributed by atoms with Crippen LogP contribution in [0.25, 0.3) is 0 Å². The van der Waals surface area contributed by atoms with E-state index in [2.05, 4.69) is 0 Å². The molecular weight excluding hydrogens is 470 g/mol. The summed E-state index contributed by atoms with van der Waals surface area (Å²) in [7, 11) is 6.68. The van der Waals surface area contributed by atoms with Gasteiger partial charge in [-0.1, -0.05) is 0 Å². The first-order valence-corrected chi connectivity index (χ1v) is 11.8. The predicted octanol–water partition coefficient (Wildman–Crippen LogP) is 2.05. The number of cyclic esters (lactones) is 1. The molecule has 10 nitrogen and oxygen atoms in total. The Morgan fingerprint density at radius 1 is 1.03 bits per heavy atom. The quantitative estimate of drug-likeness (QED) is 0.521. The second-order valence-corrected chi connectivity index (χ2v) is 9.58. The number of hydrogen-bond acceptors (Lipinski definition) is 10. The third-order valence-electron chi connectivity index (χ3n) is 7.02. The van der Waals surface area contributed by atoms with Gasteiger partial charge >= 0.3 is 5.97 Å². The lowest BCUT2D eigenvalue weighted by Gasteiger charge is -2.39. The number of fused-ring (bicyclic) bond motifs is 3. The van der Waals surface area contributed by atoms with Gasteiger partial charge in [0.05, 0.1) is 45.6 Å². The van der Waals surface area contributed by atoms with E-state index in [1.54, 1.807) is 12.1 Å². The largest absolute Gasteiger partial charge is 0.502 e. The molecule has 2 aliphatic heterocycles. The van der Waals surface area contributed by atoms with Crippen molar-refractivity contribution in [3.05, 3.63) is 41.0 Å².